The highest BCUT2D eigenvalue weighted by molar-refractivity contribution is 5.78. The number of rotatable bonds is 4. The van der Waals surface area contributed by atoms with E-state index in [1.165, 1.54) is 0 Å². The predicted octanol–water partition coefficient (Wildman–Crippen LogP) is 1.74. The average Bonchev–Trinajstić information content (AvgIpc) is 2.46. The molecule has 98 valence electrons. The van der Waals surface area contributed by atoms with Gasteiger partial charge in [0.05, 0.1) is 7.11 Å². The highest BCUT2D eigenvalue weighted by atomic mass is 16.5. The van der Waals surface area contributed by atoms with Crippen LogP contribution in [0.25, 0.3) is 0 Å². The van der Waals surface area contributed by atoms with Crippen molar-refractivity contribution in [3.8, 4) is 5.75 Å². The molecule has 0 radical (unpaired) electrons. The smallest absolute Gasteiger partial charge is 0.223 e. The zero-order valence-corrected chi connectivity index (χ0v) is 10.6. The average molecular weight is 249 g/mol. The van der Waals surface area contributed by atoms with Crippen LogP contribution >= 0.6 is 0 Å². The molecule has 1 saturated heterocycles. The van der Waals surface area contributed by atoms with Gasteiger partial charge in [0.2, 0.25) is 5.91 Å². The van der Waals surface area contributed by atoms with E-state index in [9.17, 15) is 4.79 Å². The van der Waals surface area contributed by atoms with Crippen molar-refractivity contribution in [2.75, 3.05) is 20.3 Å². The first-order chi connectivity index (χ1) is 8.81. The van der Waals surface area contributed by atoms with Crippen molar-refractivity contribution in [3.05, 3.63) is 29.8 Å². The fourth-order valence-corrected chi connectivity index (χ4v) is 2.14. The van der Waals surface area contributed by atoms with Crippen LogP contribution in [0.15, 0.2) is 24.3 Å². The summed E-state index contributed by atoms with van der Waals surface area (Å²) in [4.78, 5) is 12.0. The van der Waals surface area contributed by atoms with Crippen LogP contribution in [0.3, 0.4) is 0 Å². The van der Waals surface area contributed by atoms with Crippen molar-refractivity contribution in [2.24, 2.45) is 5.92 Å². The third kappa shape index (κ3) is 3.23. The summed E-state index contributed by atoms with van der Waals surface area (Å²) in [7, 11) is 1.64. The van der Waals surface area contributed by atoms with E-state index in [0.29, 0.717) is 19.8 Å². The van der Waals surface area contributed by atoms with E-state index < -0.39 is 0 Å². The number of amides is 1. The lowest BCUT2D eigenvalue weighted by Gasteiger charge is -2.21. The zero-order chi connectivity index (χ0) is 12.8. The second kappa shape index (κ2) is 6.40. The fraction of sp³-hybridized carbons (Fsp3) is 0.500. The maximum Gasteiger partial charge on any atom is 0.223 e. The van der Waals surface area contributed by atoms with Crippen LogP contribution in [0, 0.1) is 5.92 Å². The number of methoxy groups -OCH3 is 1. The van der Waals surface area contributed by atoms with Crippen molar-refractivity contribution in [1.82, 2.24) is 5.32 Å². The molecule has 0 aromatic heterocycles. The van der Waals surface area contributed by atoms with Gasteiger partial charge in [0.25, 0.3) is 0 Å². The van der Waals surface area contributed by atoms with Gasteiger partial charge in [-0.05, 0) is 18.9 Å². The Hall–Kier alpha value is -1.55. The van der Waals surface area contributed by atoms with Gasteiger partial charge < -0.3 is 14.8 Å². The summed E-state index contributed by atoms with van der Waals surface area (Å²) in [6, 6.07) is 7.72. The number of hydrogen-bond donors (Lipinski definition) is 1. The van der Waals surface area contributed by atoms with Crippen LogP contribution < -0.4 is 10.1 Å². The maximum atomic E-state index is 12.0. The summed E-state index contributed by atoms with van der Waals surface area (Å²) in [6.07, 6.45) is 1.63. The first kappa shape index (κ1) is 12.9. The van der Waals surface area contributed by atoms with Crippen molar-refractivity contribution in [2.45, 2.75) is 19.4 Å². The van der Waals surface area contributed by atoms with Gasteiger partial charge in [-0.1, -0.05) is 18.2 Å². The molecule has 4 heteroatoms. The molecule has 1 heterocycles. The Morgan fingerprint density at radius 3 is 2.83 bits per heavy atom. The minimum absolute atomic E-state index is 0.0912. The standard InChI is InChI=1S/C14H19NO3/c1-17-13-5-3-2-4-12(13)10-15-14(16)11-6-8-18-9-7-11/h2-5,11H,6-10H2,1H3,(H,15,16). The molecular formula is C14H19NO3. The summed E-state index contributed by atoms with van der Waals surface area (Å²) >= 11 is 0. The Bertz CT molecular complexity index is 400. The topological polar surface area (TPSA) is 47.6 Å². The van der Waals surface area contributed by atoms with E-state index in [0.717, 1.165) is 24.2 Å². The molecule has 1 fully saturated rings. The zero-order valence-electron chi connectivity index (χ0n) is 10.6. The van der Waals surface area contributed by atoms with Gasteiger partial charge in [0, 0.05) is 31.2 Å². The van der Waals surface area contributed by atoms with E-state index >= 15 is 0 Å². The first-order valence-corrected chi connectivity index (χ1v) is 6.28. The monoisotopic (exact) mass is 249 g/mol. The second-order valence-electron chi connectivity index (χ2n) is 4.42. The molecule has 0 saturated carbocycles. The number of para-hydroxylation sites is 1. The van der Waals surface area contributed by atoms with Gasteiger partial charge in [-0.3, -0.25) is 4.79 Å². The van der Waals surface area contributed by atoms with E-state index in [-0.39, 0.29) is 11.8 Å². The van der Waals surface area contributed by atoms with E-state index in [1.807, 2.05) is 24.3 Å². The lowest BCUT2D eigenvalue weighted by Crippen LogP contribution is -2.33. The SMILES string of the molecule is COc1ccccc1CNC(=O)C1CCOCC1. The Labute approximate surface area is 107 Å². The van der Waals surface area contributed by atoms with Crippen LogP contribution in [0.5, 0.6) is 5.75 Å². The molecule has 1 aliphatic heterocycles. The quantitative estimate of drug-likeness (QED) is 0.884. The Kier molecular flexibility index (Phi) is 4.59. The summed E-state index contributed by atoms with van der Waals surface area (Å²) in [5.41, 5.74) is 1.00. The van der Waals surface area contributed by atoms with Gasteiger partial charge in [0.1, 0.15) is 5.75 Å². The van der Waals surface area contributed by atoms with Crippen LogP contribution in [-0.2, 0) is 16.1 Å². The molecule has 0 unspecified atom stereocenters. The van der Waals surface area contributed by atoms with Crippen molar-refractivity contribution in [1.29, 1.82) is 0 Å². The van der Waals surface area contributed by atoms with Crippen LogP contribution in [0.1, 0.15) is 18.4 Å². The van der Waals surface area contributed by atoms with Gasteiger partial charge in [-0.15, -0.1) is 0 Å². The molecular weight excluding hydrogens is 230 g/mol. The summed E-state index contributed by atoms with van der Waals surface area (Å²) in [6.45, 7) is 1.89. The van der Waals surface area contributed by atoms with E-state index in [2.05, 4.69) is 5.32 Å². The van der Waals surface area contributed by atoms with Crippen molar-refractivity contribution < 1.29 is 14.3 Å². The minimum atomic E-state index is 0.0912. The van der Waals surface area contributed by atoms with Gasteiger partial charge in [0.15, 0.2) is 0 Å². The highest BCUT2D eigenvalue weighted by Crippen LogP contribution is 2.18. The summed E-state index contributed by atoms with van der Waals surface area (Å²) < 4.78 is 10.5. The van der Waals surface area contributed by atoms with Crippen LogP contribution in [0.4, 0.5) is 0 Å². The molecule has 0 spiro atoms. The maximum absolute atomic E-state index is 12.0. The van der Waals surface area contributed by atoms with Gasteiger partial charge in [-0.25, -0.2) is 0 Å². The first-order valence-electron chi connectivity index (χ1n) is 6.28. The number of ether oxygens (including phenoxy) is 2. The number of benzene rings is 1. The molecule has 1 aliphatic rings. The van der Waals surface area contributed by atoms with E-state index in [4.69, 9.17) is 9.47 Å². The largest absolute Gasteiger partial charge is 0.496 e. The Morgan fingerprint density at radius 2 is 2.11 bits per heavy atom. The Balaban J connectivity index is 1.88. The molecule has 4 nitrogen and oxygen atoms in total. The van der Waals surface area contributed by atoms with Crippen LogP contribution in [-0.4, -0.2) is 26.2 Å². The lowest BCUT2D eigenvalue weighted by molar-refractivity contribution is -0.128. The molecule has 18 heavy (non-hydrogen) atoms. The molecule has 0 bridgehead atoms. The number of hydrogen-bond acceptors (Lipinski definition) is 3. The number of carbonyl (C=O) groups is 1. The van der Waals surface area contributed by atoms with Crippen LogP contribution in [0.2, 0.25) is 0 Å². The lowest BCUT2D eigenvalue weighted by atomic mass is 9.99. The number of nitrogens with one attached hydrogen (secondary N) is 1. The highest BCUT2D eigenvalue weighted by Gasteiger charge is 2.21. The molecule has 1 amide bonds. The molecule has 0 atom stereocenters. The Morgan fingerprint density at radius 1 is 1.39 bits per heavy atom. The van der Waals surface area contributed by atoms with Gasteiger partial charge >= 0.3 is 0 Å². The third-order valence-electron chi connectivity index (χ3n) is 3.24. The summed E-state index contributed by atoms with van der Waals surface area (Å²) in [5.74, 6) is 1.02. The van der Waals surface area contributed by atoms with Crippen molar-refractivity contribution in [3.63, 3.8) is 0 Å². The molecule has 1 N–H and O–H groups in total. The van der Waals surface area contributed by atoms with E-state index in [1.54, 1.807) is 7.11 Å². The second-order valence-corrected chi connectivity index (χ2v) is 4.42. The molecule has 0 aliphatic carbocycles. The predicted molar refractivity (Wildman–Crippen MR) is 68.4 cm³/mol. The fourth-order valence-electron chi connectivity index (χ4n) is 2.14. The molecule has 1 aromatic carbocycles. The van der Waals surface area contributed by atoms with Crippen molar-refractivity contribution >= 4 is 5.91 Å². The molecule has 1 aromatic rings. The van der Waals surface area contributed by atoms with Gasteiger partial charge in [-0.2, -0.15) is 0 Å². The summed E-state index contributed by atoms with van der Waals surface area (Å²) in [5, 5.41) is 2.97. The minimum Gasteiger partial charge on any atom is -0.496 e. The normalized spacial score (nSPS) is 16.3. The molecule has 2 rings (SSSR count). The third-order valence-corrected chi connectivity index (χ3v) is 3.24. The number of carbonyl (C=O) groups excluding carboxylic acids is 1.